The number of rotatable bonds is 8. The molecule has 4 rings (SSSR count). The van der Waals surface area contributed by atoms with Crippen molar-refractivity contribution in [1.82, 2.24) is 4.98 Å². The molecule has 3 aromatic carbocycles. The first-order chi connectivity index (χ1) is 16.5. The minimum absolute atomic E-state index is 0.117. The Kier molecular flexibility index (Phi) is 7.69. The Morgan fingerprint density at radius 3 is 2.32 bits per heavy atom. The maximum absolute atomic E-state index is 13.1. The average molecular weight is 493 g/mol. The Balaban J connectivity index is 1.51. The Morgan fingerprint density at radius 1 is 0.941 bits per heavy atom. The van der Waals surface area contributed by atoms with Gasteiger partial charge in [-0.05, 0) is 35.4 Å². The van der Waals surface area contributed by atoms with Gasteiger partial charge in [-0.3, -0.25) is 9.69 Å². The molecular weight excluding hydrogens is 472 g/mol. The number of thiazole rings is 1. The van der Waals surface area contributed by atoms with Crippen LogP contribution in [0.5, 0.6) is 0 Å². The van der Waals surface area contributed by atoms with Crippen LogP contribution in [0.3, 0.4) is 0 Å². The van der Waals surface area contributed by atoms with E-state index in [4.69, 9.17) is 21.4 Å². The molecule has 6 nitrogen and oxygen atoms in total. The summed E-state index contributed by atoms with van der Waals surface area (Å²) in [7, 11) is 0. The fourth-order valence-electron chi connectivity index (χ4n) is 3.20. The number of hydrogen-bond acceptors (Lipinski definition) is 6. The summed E-state index contributed by atoms with van der Waals surface area (Å²) < 4.78 is 5.28. The summed E-state index contributed by atoms with van der Waals surface area (Å²) in [5.41, 5.74) is 3.52. The number of halogens is 1. The van der Waals surface area contributed by atoms with E-state index < -0.39 is 12.6 Å². The zero-order chi connectivity index (χ0) is 23.9. The first kappa shape index (κ1) is 23.6. The predicted molar refractivity (Wildman–Crippen MR) is 133 cm³/mol. The van der Waals surface area contributed by atoms with Crippen molar-refractivity contribution in [2.24, 2.45) is 0 Å². The molecular formula is C26H21ClN2O4S. The predicted octanol–water partition coefficient (Wildman–Crippen LogP) is 5.35. The number of anilines is 1. The van der Waals surface area contributed by atoms with Crippen LogP contribution < -0.4 is 4.90 Å². The smallest absolute Gasteiger partial charge is 0.338 e. The number of amides is 1. The van der Waals surface area contributed by atoms with Crippen LogP contribution in [0.2, 0.25) is 5.02 Å². The van der Waals surface area contributed by atoms with Crippen LogP contribution in [0, 0.1) is 0 Å². The molecule has 0 aliphatic carbocycles. The number of ether oxygens (including phenoxy) is 1. The molecule has 0 bridgehead atoms. The van der Waals surface area contributed by atoms with Crippen molar-refractivity contribution in [2.75, 3.05) is 11.5 Å². The van der Waals surface area contributed by atoms with E-state index in [1.807, 2.05) is 47.8 Å². The summed E-state index contributed by atoms with van der Waals surface area (Å²) in [6.07, 6.45) is 0. The maximum atomic E-state index is 13.1. The number of benzene rings is 3. The van der Waals surface area contributed by atoms with E-state index in [2.05, 4.69) is 4.98 Å². The summed E-state index contributed by atoms with van der Waals surface area (Å²) in [6.45, 7) is -0.257. The van der Waals surface area contributed by atoms with Crippen LogP contribution in [0.25, 0.3) is 11.3 Å². The number of aromatic nitrogens is 1. The topological polar surface area (TPSA) is 79.7 Å². The summed E-state index contributed by atoms with van der Waals surface area (Å²) in [4.78, 5) is 31.7. The highest BCUT2D eigenvalue weighted by atomic mass is 35.5. The van der Waals surface area contributed by atoms with E-state index in [0.717, 1.165) is 16.8 Å². The van der Waals surface area contributed by atoms with Crippen molar-refractivity contribution in [2.45, 2.75) is 13.2 Å². The summed E-state index contributed by atoms with van der Waals surface area (Å²) in [5, 5.41) is 12.2. The third kappa shape index (κ3) is 5.88. The molecule has 0 aliphatic rings. The third-order valence-corrected chi connectivity index (χ3v) is 6.16. The number of hydrogen-bond donors (Lipinski definition) is 1. The quantitative estimate of drug-likeness (QED) is 0.335. The van der Waals surface area contributed by atoms with Gasteiger partial charge < -0.3 is 9.84 Å². The third-order valence-electron chi connectivity index (χ3n) is 5.05. The van der Waals surface area contributed by atoms with E-state index in [1.54, 1.807) is 36.4 Å². The van der Waals surface area contributed by atoms with Gasteiger partial charge >= 0.3 is 5.97 Å². The summed E-state index contributed by atoms with van der Waals surface area (Å²) in [6, 6.07) is 23.2. The largest absolute Gasteiger partial charge is 0.452 e. The van der Waals surface area contributed by atoms with Gasteiger partial charge in [0.1, 0.15) is 0 Å². The second-order valence-corrected chi connectivity index (χ2v) is 8.69. The second kappa shape index (κ2) is 11.1. The monoisotopic (exact) mass is 492 g/mol. The van der Waals surface area contributed by atoms with Crippen LogP contribution in [0.1, 0.15) is 21.5 Å². The SMILES string of the molecule is O=C(OCC(=O)N(Cc1ccccc1)c1nc(-c2ccc(Cl)cc2)cs1)c1ccc(CO)cc1. The highest BCUT2D eigenvalue weighted by Crippen LogP contribution is 2.29. The minimum Gasteiger partial charge on any atom is -0.452 e. The molecule has 0 unspecified atom stereocenters. The van der Waals surface area contributed by atoms with Crippen molar-refractivity contribution in [3.05, 3.63) is 106 Å². The van der Waals surface area contributed by atoms with E-state index in [9.17, 15) is 9.59 Å². The van der Waals surface area contributed by atoms with Crippen molar-refractivity contribution >= 4 is 39.9 Å². The molecule has 1 N–H and O–H groups in total. The molecule has 0 atom stereocenters. The van der Waals surface area contributed by atoms with Crippen LogP contribution in [-0.4, -0.2) is 28.6 Å². The number of esters is 1. The van der Waals surface area contributed by atoms with Gasteiger partial charge in [-0.1, -0.05) is 66.2 Å². The molecule has 0 aliphatic heterocycles. The highest BCUT2D eigenvalue weighted by molar-refractivity contribution is 7.14. The molecule has 0 spiro atoms. The van der Waals surface area contributed by atoms with Crippen molar-refractivity contribution in [1.29, 1.82) is 0 Å². The molecule has 1 aromatic heterocycles. The van der Waals surface area contributed by atoms with E-state index >= 15 is 0 Å². The molecule has 1 amide bonds. The van der Waals surface area contributed by atoms with Gasteiger partial charge in [0.05, 0.1) is 24.4 Å². The lowest BCUT2D eigenvalue weighted by atomic mass is 10.1. The minimum atomic E-state index is -0.613. The first-order valence-corrected chi connectivity index (χ1v) is 11.7. The molecule has 0 fully saturated rings. The van der Waals surface area contributed by atoms with Crippen molar-refractivity contribution in [3.8, 4) is 11.3 Å². The lowest BCUT2D eigenvalue weighted by Gasteiger charge is -2.20. The molecule has 34 heavy (non-hydrogen) atoms. The summed E-state index contributed by atoms with van der Waals surface area (Å²) in [5.74, 6) is -1.00. The Hall–Kier alpha value is -3.52. The van der Waals surface area contributed by atoms with Gasteiger partial charge in [-0.25, -0.2) is 9.78 Å². The van der Waals surface area contributed by atoms with E-state index in [-0.39, 0.29) is 19.1 Å². The molecule has 4 aromatic rings. The van der Waals surface area contributed by atoms with E-state index in [0.29, 0.717) is 21.3 Å². The van der Waals surface area contributed by atoms with Crippen LogP contribution in [0.15, 0.2) is 84.2 Å². The Labute approximate surface area is 206 Å². The Morgan fingerprint density at radius 2 is 1.65 bits per heavy atom. The molecule has 0 radical (unpaired) electrons. The van der Waals surface area contributed by atoms with Gasteiger partial charge in [-0.2, -0.15) is 0 Å². The van der Waals surface area contributed by atoms with Gasteiger partial charge in [0.2, 0.25) is 0 Å². The molecule has 8 heteroatoms. The van der Waals surface area contributed by atoms with Gasteiger partial charge in [0.25, 0.3) is 5.91 Å². The maximum Gasteiger partial charge on any atom is 0.338 e. The first-order valence-electron chi connectivity index (χ1n) is 10.5. The number of aliphatic hydroxyl groups is 1. The van der Waals surface area contributed by atoms with Crippen LogP contribution in [-0.2, 0) is 22.7 Å². The fraction of sp³-hybridized carbons (Fsp3) is 0.115. The molecule has 0 saturated carbocycles. The molecule has 0 saturated heterocycles. The van der Waals surface area contributed by atoms with Crippen molar-refractivity contribution in [3.63, 3.8) is 0 Å². The number of nitrogens with zero attached hydrogens (tertiary/aromatic N) is 2. The number of carbonyl (C=O) groups excluding carboxylic acids is 2. The van der Waals surface area contributed by atoms with Gasteiger partial charge in [0, 0.05) is 16.0 Å². The standard InChI is InChI=1S/C26H21ClN2O4S/c27-22-12-10-20(11-13-22)23-17-34-26(28-23)29(14-18-4-2-1-3-5-18)24(31)16-33-25(32)21-8-6-19(15-30)7-9-21/h1-13,17,30H,14-16H2. The zero-order valence-corrected chi connectivity index (χ0v) is 19.6. The van der Waals surface area contributed by atoms with Crippen LogP contribution in [0.4, 0.5) is 5.13 Å². The van der Waals surface area contributed by atoms with Gasteiger partial charge in [-0.15, -0.1) is 11.3 Å². The number of carbonyl (C=O) groups is 2. The van der Waals surface area contributed by atoms with Crippen molar-refractivity contribution < 1.29 is 19.4 Å². The number of aliphatic hydroxyl groups excluding tert-OH is 1. The molecule has 1 heterocycles. The lowest BCUT2D eigenvalue weighted by molar-refractivity contribution is -0.121. The fourth-order valence-corrected chi connectivity index (χ4v) is 4.18. The normalized spacial score (nSPS) is 10.6. The van der Waals surface area contributed by atoms with E-state index in [1.165, 1.54) is 16.2 Å². The average Bonchev–Trinajstić information content (AvgIpc) is 3.36. The highest BCUT2D eigenvalue weighted by Gasteiger charge is 2.22. The summed E-state index contributed by atoms with van der Waals surface area (Å²) >= 11 is 7.32. The lowest BCUT2D eigenvalue weighted by Crippen LogP contribution is -2.34. The van der Waals surface area contributed by atoms with Gasteiger partial charge in [0.15, 0.2) is 11.7 Å². The molecule has 172 valence electrons. The zero-order valence-electron chi connectivity index (χ0n) is 18.1. The van der Waals surface area contributed by atoms with Crippen LogP contribution >= 0.6 is 22.9 Å². The Bertz CT molecular complexity index is 1260. The second-order valence-electron chi connectivity index (χ2n) is 7.42.